The summed E-state index contributed by atoms with van der Waals surface area (Å²) in [6.07, 6.45) is 4.14. The van der Waals surface area contributed by atoms with E-state index in [-0.39, 0.29) is 6.67 Å². The Morgan fingerprint density at radius 1 is 1.09 bits per heavy atom. The van der Waals surface area contributed by atoms with Crippen LogP contribution in [0.5, 0.6) is 0 Å². The van der Waals surface area contributed by atoms with E-state index in [1.165, 1.54) is 0 Å². The average Bonchev–Trinajstić information content (AvgIpc) is 2.06. The first-order valence-corrected chi connectivity index (χ1v) is 9.32. The van der Waals surface area contributed by atoms with Gasteiger partial charge >= 0.3 is 77.3 Å². The predicted octanol–water partition coefficient (Wildman–Crippen LogP) is 3.88. The molecule has 0 radical (unpaired) electrons. The summed E-state index contributed by atoms with van der Waals surface area (Å²) in [7, 11) is 0. The van der Waals surface area contributed by atoms with E-state index in [9.17, 15) is 4.39 Å². The second-order valence-electron chi connectivity index (χ2n) is 3.18. The zero-order chi connectivity index (χ0) is 8.98. The second kappa shape index (κ2) is 4.18. The molecule has 0 unspecified atom stereocenters. The molecule has 0 bridgehead atoms. The number of hydrogen-bond donors (Lipinski definition) is 0. The molecule has 0 saturated carbocycles. The summed E-state index contributed by atoms with van der Waals surface area (Å²) in [4.78, 5) is 0. The Labute approximate surface area is 77.6 Å². The molecule has 0 amide bonds. The molecule has 70 valence electrons. The molecule has 0 saturated heterocycles. The molecule has 0 nitrogen and oxygen atoms in total. The van der Waals surface area contributed by atoms with Gasteiger partial charge in [-0.25, -0.2) is 0 Å². The third kappa shape index (κ3) is 2.66. The van der Waals surface area contributed by atoms with Gasteiger partial charge in [0.05, 0.1) is 0 Å². The van der Waals surface area contributed by atoms with Crippen LogP contribution in [0.15, 0.2) is 0 Å². The minimum atomic E-state index is -1.74. The van der Waals surface area contributed by atoms with Crippen LogP contribution < -0.4 is 0 Å². The normalized spacial score (nSPS) is 15.9. The van der Waals surface area contributed by atoms with Crippen LogP contribution in [0.4, 0.5) is 4.39 Å². The van der Waals surface area contributed by atoms with Crippen molar-refractivity contribution in [2.45, 2.75) is 20.8 Å². The summed E-state index contributed by atoms with van der Waals surface area (Å²) in [6, 6.07) is 0. The van der Waals surface area contributed by atoms with Gasteiger partial charge in [-0.2, -0.15) is 0 Å². The molecule has 0 fully saturated rings. The summed E-state index contributed by atoms with van der Waals surface area (Å²) in [5.41, 5.74) is 0. The summed E-state index contributed by atoms with van der Waals surface area (Å²) in [6.45, 7) is 6.36. The van der Waals surface area contributed by atoms with Crippen LogP contribution in [0, 0.1) is 0 Å². The summed E-state index contributed by atoms with van der Waals surface area (Å²) < 4.78 is 12.3. The Morgan fingerprint density at radius 3 is 1.55 bits per heavy atom. The van der Waals surface area contributed by atoms with E-state index >= 15 is 0 Å². The van der Waals surface area contributed by atoms with E-state index in [1.54, 1.807) is 0 Å². The minimum absolute atomic E-state index is 0.168. The first-order valence-electron chi connectivity index (χ1n) is 4.32. The van der Waals surface area contributed by atoms with Crippen molar-refractivity contribution in [3.8, 4) is 0 Å². The van der Waals surface area contributed by atoms with E-state index in [1.807, 2.05) is 0 Å². The molecule has 0 aliphatic carbocycles. The van der Waals surface area contributed by atoms with E-state index in [0.29, 0.717) is 0 Å². The molecule has 0 spiro atoms. The van der Waals surface area contributed by atoms with Crippen LogP contribution in [0.25, 0.3) is 0 Å². The zero-order valence-corrected chi connectivity index (χ0v) is 10.2. The van der Waals surface area contributed by atoms with Gasteiger partial charge in [0.2, 0.25) is 0 Å². The monoisotopic (exact) mass is 244 g/mol. The van der Waals surface area contributed by atoms with Crippen molar-refractivity contribution in [1.82, 2.24) is 0 Å². The standard InChI is InChI=1S/C8H19BrFP/c1-4-11(9,5-2,6-3)8-7-10/h4-8H2,1-3H3. The van der Waals surface area contributed by atoms with Crippen molar-refractivity contribution < 1.29 is 4.39 Å². The van der Waals surface area contributed by atoms with E-state index < -0.39 is 5.31 Å². The molecule has 0 heterocycles. The Hall–Kier alpha value is 0.840. The molecule has 0 aliphatic rings. The fourth-order valence-corrected chi connectivity index (χ4v) is 4.47. The Bertz CT molecular complexity index is 112. The molecule has 0 aromatic heterocycles. The van der Waals surface area contributed by atoms with Gasteiger partial charge in [0.1, 0.15) is 0 Å². The maximum absolute atomic E-state index is 12.3. The molecule has 0 aromatic rings. The zero-order valence-electron chi connectivity index (χ0n) is 7.74. The fourth-order valence-electron chi connectivity index (χ4n) is 1.36. The van der Waals surface area contributed by atoms with Gasteiger partial charge in [-0.15, -0.1) is 0 Å². The van der Waals surface area contributed by atoms with Gasteiger partial charge in [0.25, 0.3) is 0 Å². The SMILES string of the molecule is CCP(Br)(CC)(CC)CCF. The summed E-state index contributed by atoms with van der Waals surface area (Å²) >= 11 is 3.84. The van der Waals surface area contributed by atoms with Gasteiger partial charge in [-0.1, -0.05) is 0 Å². The quantitative estimate of drug-likeness (QED) is 0.645. The maximum atomic E-state index is 12.3. The molecular weight excluding hydrogens is 226 g/mol. The van der Waals surface area contributed by atoms with Crippen molar-refractivity contribution in [1.29, 1.82) is 0 Å². The molecule has 0 atom stereocenters. The van der Waals surface area contributed by atoms with E-state index in [0.717, 1.165) is 24.6 Å². The number of halogens is 2. The van der Waals surface area contributed by atoms with Crippen molar-refractivity contribution >= 4 is 20.8 Å². The van der Waals surface area contributed by atoms with Crippen molar-refractivity contribution in [2.75, 3.05) is 31.3 Å². The summed E-state index contributed by atoms with van der Waals surface area (Å²) in [5.74, 6) is 0. The van der Waals surface area contributed by atoms with Crippen molar-refractivity contribution in [3.63, 3.8) is 0 Å². The Morgan fingerprint density at radius 2 is 1.45 bits per heavy atom. The van der Waals surface area contributed by atoms with Crippen molar-refractivity contribution in [2.24, 2.45) is 0 Å². The first-order chi connectivity index (χ1) is 5.04. The molecule has 0 N–H and O–H groups in total. The van der Waals surface area contributed by atoms with Crippen LogP contribution in [-0.2, 0) is 0 Å². The van der Waals surface area contributed by atoms with Gasteiger partial charge < -0.3 is 0 Å². The third-order valence-electron chi connectivity index (χ3n) is 3.01. The number of hydrogen-bond acceptors (Lipinski definition) is 0. The fraction of sp³-hybridized carbons (Fsp3) is 1.00. The molecule has 0 aromatic carbocycles. The van der Waals surface area contributed by atoms with Crippen LogP contribution in [0.2, 0.25) is 0 Å². The van der Waals surface area contributed by atoms with E-state index in [4.69, 9.17) is 0 Å². The van der Waals surface area contributed by atoms with Crippen LogP contribution >= 0.6 is 20.8 Å². The van der Waals surface area contributed by atoms with Gasteiger partial charge in [0.15, 0.2) is 0 Å². The first kappa shape index (κ1) is 11.8. The van der Waals surface area contributed by atoms with Gasteiger partial charge in [-0.05, 0) is 0 Å². The number of alkyl halides is 1. The average molecular weight is 245 g/mol. The molecule has 0 rings (SSSR count). The predicted molar refractivity (Wildman–Crippen MR) is 58.3 cm³/mol. The van der Waals surface area contributed by atoms with Gasteiger partial charge in [0, 0.05) is 0 Å². The molecule has 0 aliphatic heterocycles. The Balaban J connectivity index is 4.44. The number of rotatable bonds is 5. The molecule has 11 heavy (non-hydrogen) atoms. The van der Waals surface area contributed by atoms with Gasteiger partial charge in [-0.3, -0.25) is 0 Å². The van der Waals surface area contributed by atoms with Crippen LogP contribution in [0.1, 0.15) is 20.8 Å². The van der Waals surface area contributed by atoms with E-state index in [2.05, 4.69) is 36.3 Å². The molecule has 3 heteroatoms. The van der Waals surface area contributed by atoms with Crippen LogP contribution in [-0.4, -0.2) is 31.3 Å². The summed E-state index contributed by atoms with van der Waals surface area (Å²) in [5, 5.41) is -1.74. The topological polar surface area (TPSA) is 0 Å². The van der Waals surface area contributed by atoms with Crippen molar-refractivity contribution in [3.05, 3.63) is 0 Å². The second-order valence-corrected chi connectivity index (χ2v) is 15.2. The molecular formula is C8H19BrFP. The third-order valence-corrected chi connectivity index (χ3v) is 14.6. The Kier molecular flexibility index (Phi) is 4.50. The van der Waals surface area contributed by atoms with Crippen LogP contribution in [0.3, 0.4) is 0 Å².